The SMILES string of the molecule is C[Si](C)(C)c1ccc(N(c2ccccc2)c2ccc(-c3cc4c5cccc6c5c(cc4c4ccccc34)-c3ccc(N(c4ccccc4)c4ccccc4)cc3O6)cc2)cc1. The first kappa shape index (κ1) is 36.7. The number of rotatable bonds is 8. The van der Waals surface area contributed by atoms with E-state index in [2.05, 4.69) is 242 Å². The molecule has 3 nitrogen and oxygen atoms in total. The molecule has 0 saturated heterocycles. The monoisotopic (exact) mass is 800 g/mol. The second kappa shape index (κ2) is 14.7. The molecule has 4 heteroatoms. The van der Waals surface area contributed by atoms with Gasteiger partial charge >= 0.3 is 0 Å². The van der Waals surface area contributed by atoms with Crippen LogP contribution in [-0.2, 0) is 0 Å². The molecular weight excluding hydrogens is 757 g/mol. The van der Waals surface area contributed by atoms with Crippen LogP contribution in [-0.4, -0.2) is 8.07 Å². The molecule has 10 aromatic rings. The van der Waals surface area contributed by atoms with Crippen molar-refractivity contribution in [2.45, 2.75) is 19.6 Å². The van der Waals surface area contributed by atoms with Gasteiger partial charge in [-0.25, -0.2) is 0 Å². The zero-order chi connectivity index (χ0) is 41.1. The highest BCUT2D eigenvalue weighted by atomic mass is 28.3. The summed E-state index contributed by atoms with van der Waals surface area (Å²) >= 11 is 0. The number of anilines is 6. The smallest absolute Gasteiger partial charge is 0.137 e. The lowest BCUT2D eigenvalue weighted by molar-refractivity contribution is 0.487. The largest absolute Gasteiger partial charge is 0.456 e. The number of ether oxygens (including phenoxy) is 1. The average Bonchev–Trinajstić information content (AvgIpc) is 3.30. The van der Waals surface area contributed by atoms with Gasteiger partial charge in [-0.1, -0.05) is 140 Å². The van der Waals surface area contributed by atoms with Crippen LogP contribution in [0.1, 0.15) is 0 Å². The Morgan fingerprint density at radius 1 is 0.328 bits per heavy atom. The van der Waals surface area contributed by atoms with Crippen molar-refractivity contribution in [3.05, 3.63) is 212 Å². The van der Waals surface area contributed by atoms with E-state index in [1.807, 2.05) is 0 Å². The van der Waals surface area contributed by atoms with Crippen LogP contribution < -0.4 is 19.7 Å². The van der Waals surface area contributed by atoms with Gasteiger partial charge in [0.1, 0.15) is 11.5 Å². The Labute approximate surface area is 358 Å². The van der Waals surface area contributed by atoms with Gasteiger partial charge in [-0.3, -0.25) is 0 Å². The van der Waals surface area contributed by atoms with Crippen molar-refractivity contribution in [2.24, 2.45) is 0 Å². The molecule has 0 aromatic heterocycles. The zero-order valence-electron chi connectivity index (χ0n) is 34.5. The topological polar surface area (TPSA) is 15.7 Å². The van der Waals surface area contributed by atoms with Crippen LogP contribution in [0.2, 0.25) is 19.6 Å². The quantitative estimate of drug-likeness (QED) is 0.112. The average molecular weight is 801 g/mol. The third kappa shape index (κ3) is 6.44. The van der Waals surface area contributed by atoms with E-state index in [0.29, 0.717) is 0 Å². The lowest BCUT2D eigenvalue weighted by atomic mass is 9.86. The highest BCUT2D eigenvalue weighted by Crippen LogP contribution is 2.52. The molecule has 61 heavy (non-hydrogen) atoms. The van der Waals surface area contributed by atoms with Gasteiger partial charge in [0, 0.05) is 51.1 Å². The molecule has 0 unspecified atom stereocenters. The minimum atomic E-state index is -1.43. The lowest BCUT2D eigenvalue weighted by Crippen LogP contribution is -2.37. The molecular formula is C57H44N2OSi. The fourth-order valence-electron chi connectivity index (χ4n) is 9.16. The van der Waals surface area contributed by atoms with E-state index < -0.39 is 8.07 Å². The third-order valence-corrected chi connectivity index (χ3v) is 14.2. The molecule has 0 amide bonds. The first-order valence-electron chi connectivity index (χ1n) is 21.1. The van der Waals surface area contributed by atoms with Crippen molar-refractivity contribution in [1.82, 2.24) is 0 Å². The molecule has 0 saturated carbocycles. The summed E-state index contributed by atoms with van der Waals surface area (Å²) in [6.45, 7) is 7.20. The van der Waals surface area contributed by atoms with Crippen LogP contribution in [0.15, 0.2) is 212 Å². The van der Waals surface area contributed by atoms with Crippen LogP contribution in [0, 0.1) is 0 Å². The van der Waals surface area contributed by atoms with Crippen LogP contribution in [0.25, 0.3) is 54.6 Å². The maximum absolute atomic E-state index is 6.87. The minimum absolute atomic E-state index is 0.853. The van der Waals surface area contributed by atoms with Gasteiger partial charge in [0.05, 0.1) is 8.07 Å². The van der Waals surface area contributed by atoms with Gasteiger partial charge in [0.2, 0.25) is 0 Å². The fourth-order valence-corrected chi connectivity index (χ4v) is 10.3. The molecule has 0 bridgehead atoms. The Morgan fingerprint density at radius 3 is 1.41 bits per heavy atom. The molecule has 0 N–H and O–H groups in total. The Kier molecular flexibility index (Phi) is 8.83. The summed E-state index contributed by atoms with van der Waals surface area (Å²) in [5.41, 5.74) is 11.3. The number of benzene rings is 10. The summed E-state index contributed by atoms with van der Waals surface area (Å²) in [6, 6.07) is 76.8. The molecule has 0 radical (unpaired) electrons. The van der Waals surface area contributed by atoms with Gasteiger partial charge in [0.15, 0.2) is 0 Å². The molecule has 11 rings (SSSR count). The molecule has 1 aliphatic rings. The Balaban J connectivity index is 1.03. The van der Waals surface area contributed by atoms with Crippen molar-refractivity contribution >= 4 is 79.7 Å². The van der Waals surface area contributed by atoms with E-state index >= 15 is 0 Å². The first-order chi connectivity index (χ1) is 29.9. The van der Waals surface area contributed by atoms with Gasteiger partial charge in [-0.2, -0.15) is 0 Å². The summed E-state index contributed by atoms with van der Waals surface area (Å²) in [7, 11) is -1.43. The molecule has 0 fully saturated rings. The maximum atomic E-state index is 6.87. The van der Waals surface area contributed by atoms with E-state index in [1.165, 1.54) is 48.8 Å². The van der Waals surface area contributed by atoms with Crippen molar-refractivity contribution in [3.8, 4) is 33.8 Å². The first-order valence-corrected chi connectivity index (χ1v) is 24.6. The summed E-state index contributed by atoms with van der Waals surface area (Å²) in [4.78, 5) is 4.64. The predicted molar refractivity (Wildman–Crippen MR) is 262 cm³/mol. The molecule has 1 heterocycles. The van der Waals surface area contributed by atoms with Gasteiger partial charge < -0.3 is 14.5 Å². The van der Waals surface area contributed by atoms with E-state index in [1.54, 1.807) is 0 Å². The lowest BCUT2D eigenvalue weighted by Gasteiger charge is -2.28. The van der Waals surface area contributed by atoms with Crippen LogP contribution in [0.5, 0.6) is 11.5 Å². The van der Waals surface area contributed by atoms with E-state index in [-0.39, 0.29) is 0 Å². The summed E-state index contributed by atoms with van der Waals surface area (Å²) in [5, 5.41) is 8.72. The van der Waals surface area contributed by atoms with E-state index in [9.17, 15) is 0 Å². The number of fused-ring (bicyclic) bond motifs is 6. The summed E-state index contributed by atoms with van der Waals surface area (Å²) in [5.74, 6) is 1.73. The second-order valence-corrected chi connectivity index (χ2v) is 22.0. The number of para-hydroxylation sites is 3. The van der Waals surface area contributed by atoms with Gasteiger partial charge in [-0.05, 0) is 135 Å². The second-order valence-electron chi connectivity index (χ2n) is 17.0. The van der Waals surface area contributed by atoms with Crippen LogP contribution in [0.3, 0.4) is 0 Å². The molecule has 0 aliphatic carbocycles. The van der Waals surface area contributed by atoms with Crippen LogP contribution >= 0.6 is 0 Å². The standard InChI is InChI=1S/C57H44N2OSi/c1-61(2,3)46-33-30-44(31-34-46)58(40-16-7-4-8-17-40)43-28-26-39(27-29-43)51-37-53-50-24-15-25-55-57(50)54(38-52(53)48-23-14-13-22-47(48)51)49-35-32-45(36-56(49)60-55)59(41-18-9-5-10-19-41)42-20-11-6-12-21-42/h4-38H,1-3H3. The van der Waals surface area contributed by atoms with Crippen molar-refractivity contribution < 1.29 is 4.74 Å². The normalized spacial score (nSPS) is 12.0. The maximum Gasteiger partial charge on any atom is 0.137 e. The van der Waals surface area contributed by atoms with Gasteiger partial charge in [-0.15, -0.1) is 0 Å². The predicted octanol–water partition coefficient (Wildman–Crippen LogP) is 16.1. The van der Waals surface area contributed by atoms with Crippen molar-refractivity contribution in [2.75, 3.05) is 9.80 Å². The van der Waals surface area contributed by atoms with Gasteiger partial charge in [0.25, 0.3) is 0 Å². The third-order valence-electron chi connectivity index (χ3n) is 12.2. The molecule has 0 spiro atoms. The fraction of sp³-hybridized carbons (Fsp3) is 0.0526. The van der Waals surface area contributed by atoms with Crippen molar-refractivity contribution in [1.29, 1.82) is 0 Å². The number of nitrogens with zero attached hydrogens (tertiary/aromatic N) is 2. The minimum Gasteiger partial charge on any atom is -0.456 e. The number of hydrogen-bond acceptors (Lipinski definition) is 3. The van der Waals surface area contributed by atoms with Crippen LogP contribution in [0.4, 0.5) is 34.1 Å². The Morgan fingerprint density at radius 2 is 0.803 bits per heavy atom. The summed E-state index contributed by atoms with van der Waals surface area (Å²) in [6.07, 6.45) is 0. The summed E-state index contributed by atoms with van der Waals surface area (Å²) < 4.78 is 6.87. The zero-order valence-corrected chi connectivity index (χ0v) is 35.5. The van der Waals surface area contributed by atoms with E-state index in [0.717, 1.165) is 56.6 Å². The Bertz CT molecular complexity index is 3190. The Hall–Kier alpha value is -7.40. The van der Waals surface area contributed by atoms with E-state index in [4.69, 9.17) is 4.74 Å². The van der Waals surface area contributed by atoms with Crippen molar-refractivity contribution in [3.63, 3.8) is 0 Å². The highest BCUT2D eigenvalue weighted by molar-refractivity contribution is 6.88. The molecule has 0 atom stereocenters. The highest BCUT2D eigenvalue weighted by Gasteiger charge is 2.25. The molecule has 292 valence electrons. The molecule has 1 aliphatic heterocycles. The number of hydrogen-bond donors (Lipinski definition) is 0. The molecule has 10 aromatic carbocycles.